The Balaban J connectivity index is 1.21. The third-order valence-electron chi connectivity index (χ3n) is 11.0. The lowest BCUT2D eigenvalue weighted by Gasteiger charge is -2.36. The normalized spacial score (nSPS) is 14.9. The van der Waals surface area contributed by atoms with Crippen molar-refractivity contribution in [2.24, 2.45) is 7.05 Å². The quantitative estimate of drug-likeness (QED) is 0.172. The highest BCUT2D eigenvalue weighted by molar-refractivity contribution is 6.08. The molecular formula is C45H49N5O6. The molecule has 5 aromatic rings. The number of rotatable bonds is 9. The van der Waals surface area contributed by atoms with Crippen LogP contribution in [0.3, 0.4) is 0 Å². The highest BCUT2D eigenvalue weighted by Crippen LogP contribution is 2.36. The van der Waals surface area contributed by atoms with Crippen LogP contribution in [0.25, 0.3) is 11.3 Å². The molecule has 56 heavy (non-hydrogen) atoms. The van der Waals surface area contributed by atoms with Crippen molar-refractivity contribution in [3.8, 4) is 28.5 Å². The minimum atomic E-state index is -0.474. The van der Waals surface area contributed by atoms with E-state index in [0.29, 0.717) is 54.4 Å². The molecule has 0 radical (unpaired) electrons. The van der Waals surface area contributed by atoms with Crippen molar-refractivity contribution >= 4 is 23.6 Å². The van der Waals surface area contributed by atoms with Gasteiger partial charge in [0.2, 0.25) is 0 Å². The number of aromatic hydroxyl groups is 1. The number of hydrogen-bond donors (Lipinski definition) is 1. The summed E-state index contributed by atoms with van der Waals surface area (Å²) in [5.74, 6) is 0.828. The first-order valence-electron chi connectivity index (χ1n) is 19.0. The van der Waals surface area contributed by atoms with Crippen molar-refractivity contribution in [2.45, 2.75) is 45.8 Å². The standard InChI is InChI=1S/C45H49N5O6/c1-29-22-31-10-7-8-11-33(31)28-50(29)44(53)41-24-34-27-49(45(54)56-38-13-9-12-37(25-38)55-21-20-46(3)4)19-18-32(34)23-40(41)42-26-39(30(2)47(42)5)43(52)48(6)35-14-16-36(51)17-15-35/h7-17,23-26,29,51H,18-22,27-28H2,1-6H3/t29-/m1/s1. The fourth-order valence-electron chi connectivity index (χ4n) is 7.55. The third-order valence-corrected chi connectivity index (χ3v) is 11.0. The van der Waals surface area contributed by atoms with Crippen LogP contribution >= 0.6 is 0 Å². The number of aromatic nitrogens is 1. The van der Waals surface area contributed by atoms with Crippen molar-refractivity contribution in [2.75, 3.05) is 45.7 Å². The first-order valence-corrected chi connectivity index (χ1v) is 19.0. The molecule has 0 bridgehead atoms. The molecule has 290 valence electrons. The Hall–Kier alpha value is -6.07. The van der Waals surface area contributed by atoms with Gasteiger partial charge in [-0.1, -0.05) is 30.3 Å². The number of hydrogen-bond acceptors (Lipinski definition) is 7. The van der Waals surface area contributed by atoms with Crippen molar-refractivity contribution in [1.29, 1.82) is 0 Å². The van der Waals surface area contributed by atoms with E-state index in [4.69, 9.17) is 9.47 Å². The molecule has 0 aliphatic carbocycles. The van der Waals surface area contributed by atoms with E-state index >= 15 is 0 Å². The summed E-state index contributed by atoms with van der Waals surface area (Å²) in [6.07, 6.45) is 0.833. The van der Waals surface area contributed by atoms with Gasteiger partial charge in [0.05, 0.1) is 5.56 Å². The number of ether oxygens (including phenoxy) is 2. The maximum Gasteiger partial charge on any atom is 0.415 e. The topological polar surface area (TPSA) is 108 Å². The Morgan fingerprint density at radius 3 is 2.30 bits per heavy atom. The maximum atomic E-state index is 14.9. The number of phenolic OH excluding ortho intramolecular Hbond substituents is 1. The number of carbonyl (C=O) groups is 3. The predicted molar refractivity (Wildman–Crippen MR) is 217 cm³/mol. The van der Waals surface area contributed by atoms with Gasteiger partial charge in [-0.25, -0.2) is 4.79 Å². The number of nitrogens with zero attached hydrogens (tertiary/aromatic N) is 5. The minimum Gasteiger partial charge on any atom is -0.508 e. The molecule has 7 rings (SSSR count). The number of benzene rings is 4. The number of carbonyl (C=O) groups excluding carboxylic acids is 3. The SMILES string of the molecule is Cc1c(C(=O)N(C)c2ccc(O)cc2)cc(-c2cc3c(cc2C(=O)N2Cc4ccccc4C[C@H]2C)CN(C(=O)Oc2cccc(OCCN(C)C)c2)CC3)n1C. The molecule has 0 fully saturated rings. The second kappa shape index (κ2) is 16.0. The van der Waals surface area contributed by atoms with Crippen LogP contribution in [0.1, 0.15) is 55.6 Å². The van der Waals surface area contributed by atoms with Crippen LogP contribution in [0, 0.1) is 6.92 Å². The molecule has 0 unspecified atom stereocenters. The van der Waals surface area contributed by atoms with Gasteiger partial charge < -0.3 is 38.7 Å². The average molecular weight is 756 g/mol. The molecule has 0 spiro atoms. The second-order valence-electron chi connectivity index (χ2n) is 15.1. The minimum absolute atomic E-state index is 0.0402. The van der Waals surface area contributed by atoms with E-state index in [1.165, 1.54) is 5.56 Å². The number of phenols is 1. The van der Waals surface area contributed by atoms with Gasteiger partial charge in [0, 0.05) is 80.6 Å². The molecule has 11 heteroatoms. The van der Waals surface area contributed by atoms with E-state index in [2.05, 4.69) is 25.1 Å². The van der Waals surface area contributed by atoms with E-state index in [0.717, 1.165) is 46.6 Å². The summed E-state index contributed by atoms with van der Waals surface area (Å²) in [4.78, 5) is 49.5. The van der Waals surface area contributed by atoms with Crippen LogP contribution < -0.4 is 14.4 Å². The zero-order chi connectivity index (χ0) is 39.7. The van der Waals surface area contributed by atoms with Crippen LogP contribution in [-0.2, 0) is 33.0 Å². The van der Waals surface area contributed by atoms with Gasteiger partial charge in [-0.05, 0) is 118 Å². The molecule has 4 aromatic carbocycles. The van der Waals surface area contributed by atoms with Gasteiger partial charge in [0.1, 0.15) is 23.9 Å². The van der Waals surface area contributed by atoms with Crippen molar-refractivity contribution in [3.05, 3.63) is 130 Å². The van der Waals surface area contributed by atoms with Crippen LogP contribution in [0.4, 0.5) is 10.5 Å². The van der Waals surface area contributed by atoms with Crippen LogP contribution in [0.15, 0.2) is 91.0 Å². The second-order valence-corrected chi connectivity index (χ2v) is 15.1. The monoisotopic (exact) mass is 755 g/mol. The van der Waals surface area contributed by atoms with Crippen molar-refractivity contribution < 1.29 is 29.0 Å². The van der Waals surface area contributed by atoms with E-state index in [1.54, 1.807) is 59.3 Å². The van der Waals surface area contributed by atoms with Gasteiger partial charge in [0.25, 0.3) is 11.8 Å². The summed E-state index contributed by atoms with van der Waals surface area (Å²) in [6.45, 7) is 6.44. The van der Waals surface area contributed by atoms with Crippen molar-refractivity contribution in [3.63, 3.8) is 0 Å². The average Bonchev–Trinajstić information content (AvgIpc) is 3.49. The lowest BCUT2D eigenvalue weighted by atomic mass is 9.90. The molecule has 3 heterocycles. The smallest absolute Gasteiger partial charge is 0.415 e. The first-order chi connectivity index (χ1) is 26.9. The fourth-order valence-corrected chi connectivity index (χ4v) is 7.55. The summed E-state index contributed by atoms with van der Waals surface area (Å²) in [7, 11) is 7.58. The molecule has 11 nitrogen and oxygen atoms in total. The third kappa shape index (κ3) is 7.85. The van der Waals surface area contributed by atoms with E-state index in [-0.39, 0.29) is 30.2 Å². The molecule has 2 aliphatic rings. The molecular weight excluding hydrogens is 707 g/mol. The summed E-state index contributed by atoms with van der Waals surface area (Å²) >= 11 is 0. The van der Waals surface area contributed by atoms with Gasteiger partial charge in [0.15, 0.2) is 0 Å². The summed E-state index contributed by atoms with van der Waals surface area (Å²) in [6, 6.07) is 27.7. The van der Waals surface area contributed by atoms with Gasteiger partial charge in [-0.3, -0.25) is 9.59 Å². The van der Waals surface area contributed by atoms with Crippen LogP contribution in [0.2, 0.25) is 0 Å². The fraction of sp³-hybridized carbons (Fsp3) is 0.311. The zero-order valence-electron chi connectivity index (χ0n) is 32.9. The highest BCUT2D eigenvalue weighted by atomic mass is 16.6. The molecule has 1 N–H and O–H groups in total. The van der Waals surface area contributed by atoms with E-state index < -0.39 is 6.09 Å². The van der Waals surface area contributed by atoms with Crippen molar-refractivity contribution in [1.82, 2.24) is 19.3 Å². The molecule has 1 aromatic heterocycles. The van der Waals surface area contributed by atoms with E-state index in [1.807, 2.05) is 72.8 Å². The molecule has 1 atom stereocenters. The Labute approximate surface area is 328 Å². The van der Waals surface area contributed by atoms with Crippen LogP contribution in [0.5, 0.6) is 17.2 Å². The van der Waals surface area contributed by atoms with Gasteiger partial charge >= 0.3 is 6.09 Å². The number of likely N-dealkylation sites (N-methyl/N-ethyl adjacent to an activating group) is 1. The highest BCUT2D eigenvalue weighted by Gasteiger charge is 2.32. The Morgan fingerprint density at radius 2 is 1.55 bits per heavy atom. The lowest BCUT2D eigenvalue weighted by molar-refractivity contribution is 0.0658. The van der Waals surface area contributed by atoms with Gasteiger partial charge in [-0.2, -0.15) is 0 Å². The summed E-state index contributed by atoms with van der Waals surface area (Å²) in [5.41, 5.74) is 8.18. The lowest BCUT2D eigenvalue weighted by Crippen LogP contribution is -2.43. The molecule has 0 saturated carbocycles. The molecule has 3 amide bonds. The predicted octanol–water partition coefficient (Wildman–Crippen LogP) is 7.07. The Bertz CT molecular complexity index is 2280. The first kappa shape index (κ1) is 38.2. The molecule has 0 saturated heterocycles. The number of amides is 3. The maximum absolute atomic E-state index is 14.9. The summed E-state index contributed by atoms with van der Waals surface area (Å²) < 4.78 is 13.6. The number of anilines is 1. The van der Waals surface area contributed by atoms with Gasteiger partial charge in [-0.15, -0.1) is 0 Å². The largest absolute Gasteiger partial charge is 0.508 e. The molecule has 2 aliphatic heterocycles. The zero-order valence-corrected chi connectivity index (χ0v) is 32.9. The summed E-state index contributed by atoms with van der Waals surface area (Å²) in [5, 5.41) is 9.80. The number of fused-ring (bicyclic) bond motifs is 2. The van der Waals surface area contributed by atoms with Crippen LogP contribution in [-0.4, -0.2) is 89.2 Å². The Kier molecular flexibility index (Phi) is 10.9. The van der Waals surface area contributed by atoms with E-state index in [9.17, 15) is 19.5 Å². The Morgan fingerprint density at radius 1 is 0.821 bits per heavy atom.